The fourth-order valence-corrected chi connectivity index (χ4v) is 0.870. The minimum absolute atomic E-state index is 0. The molecule has 0 aromatic heterocycles. The lowest BCUT2D eigenvalue weighted by Crippen LogP contribution is -2.28. The first-order valence-electron chi connectivity index (χ1n) is 2.98. The van der Waals surface area contributed by atoms with Crippen molar-refractivity contribution in [3.63, 3.8) is 0 Å². The van der Waals surface area contributed by atoms with Gasteiger partial charge in [0.25, 0.3) is 0 Å². The van der Waals surface area contributed by atoms with E-state index in [2.05, 4.69) is 0 Å². The van der Waals surface area contributed by atoms with E-state index in [1.54, 1.807) is 0 Å². The van der Waals surface area contributed by atoms with Crippen LogP contribution in [-0.2, 0) is 4.79 Å². The van der Waals surface area contributed by atoms with Gasteiger partial charge >= 0.3 is 0 Å². The minimum atomic E-state index is -0.262. The Balaban J connectivity index is 0.000000810. The van der Waals surface area contributed by atoms with Crippen LogP contribution in [0.25, 0.3) is 0 Å². The molecule has 0 radical (unpaired) electrons. The SMILES string of the molecule is Cl.NC(=O)CN1C=CCC1. The van der Waals surface area contributed by atoms with Gasteiger partial charge in [-0.15, -0.1) is 12.4 Å². The van der Waals surface area contributed by atoms with Crippen LogP contribution in [0.1, 0.15) is 6.42 Å². The van der Waals surface area contributed by atoms with Crippen molar-refractivity contribution in [1.82, 2.24) is 4.90 Å². The van der Waals surface area contributed by atoms with E-state index in [0.29, 0.717) is 6.54 Å². The molecular weight excluding hydrogens is 152 g/mol. The molecule has 0 saturated carbocycles. The molecule has 0 fully saturated rings. The lowest BCUT2D eigenvalue weighted by molar-refractivity contribution is -0.118. The molecule has 0 aromatic carbocycles. The molecule has 0 unspecified atom stereocenters. The van der Waals surface area contributed by atoms with Gasteiger partial charge in [0, 0.05) is 6.54 Å². The van der Waals surface area contributed by atoms with Crippen LogP contribution in [0.4, 0.5) is 0 Å². The summed E-state index contributed by atoms with van der Waals surface area (Å²) in [5.41, 5.74) is 4.96. The first kappa shape index (κ1) is 9.30. The first-order valence-corrected chi connectivity index (χ1v) is 2.98. The average Bonchev–Trinajstić information content (AvgIpc) is 2.15. The third-order valence-electron chi connectivity index (χ3n) is 1.26. The number of nitrogens with zero attached hydrogens (tertiary/aromatic N) is 1. The van der Waals surface area contributed by atoms with E-state index >= 15 is 0 Å². The van der Waals surface area contributed by atoms with Gasteiger partial charge < -0.3 is 10.6 Å². The number of amides is 1. The highest BCUT2D eigenvalue weighted by Crippen LogP contribution is 2.01. The highest BCUT2D eigenvalue weighted by molar-refractivity contribution is 5.85. The Kier molecular flexibility index (Phi) is 3.88. The molecule has 1 amide bonds. The van der Waals surface area contributed by atoms with Gasteiger partial charge in [-0.2, -0.15) is 0 Å². The molecule has 0 spiro atoms. The van der Waals surface area contributed by atoms with Gasteiger partial charge in [0.2, 0.25) is 5.91 Å². The van der Waals surface area contributed by atoms with E-state index < -0.39 is 0 Å². The fourth-order valence-electron chi connectivity index (χ4n) is 0.870. The van der Waals surface area contributed by atoms with Gasteiger partial charge in [-0.25, -0.2) is 0 Å². The van der Waals surface area contributed by atoms with E-state index in [1.807, 2.05) is 17.2 Å². The van der Waals surface area contributed by atoms with Gasteiger partial charge in [-0.3, -0.25) is 4.79 Å². The Morgan fingerprint density at radius 1 is 1.70 bits per heavy atom. The molecule has 0 aliphatic carbocycles. The van der Waals surface area contributed by atoms with Crippen LogP contribution in [0.3, 0.4) is 0 Å². The molecule has 58 valence electrons. The second kappa shape index (κ2) is 4.17. The second-order valence-corrected chi connectivity index (χ2v) is 2.11. The zero-order valence-corrected chi connectivity index (χ0v) is 6.43. The van der Waals surface area contributed by atoms with Crippen molar-refractivity contribution in [2.45, 2.75) is 6.42 Å². The summed E-state index contributed by atoms with van der Waals surface area (Å²) >= 11 is 0. The monoisotopic (exact) mass is 162 g/mol. The lowest BCUT2D eigenvalue weighted by Gasteiger charge is -2.10. The van der Waals surface area contributed by atoms with Crippen molar-refractivity contribution in [3.8, 4) is 0 Å². The van der Waals surface area contributed by atoms with E-state index in [0.717, 1.165) is 13.0 Å². The number of hydrogen-bond acceptors (Lipinski definition) is 2. The molecule has 1 aliphatic rings. The van der Waals surface area contributed by atoms with Crippen molar-refractivity contribution in [1.29, 1.82) is 0 Å². The Labute approximate surface area is 66.3 Å². The molecule has 0 bridgehead atoms. The van der Waals surface area contributed by atoms with Gasteiger partial charge in [-0.1, -0.05) is 6.08 Å². The first-order chi connectivity index (χ1) is 4.29. The number of hydrogen-bond donors (Lipinski definition) is 1. The number of halogens is 1. The van der Waals surface area contributed by atoms with E-state index in [9.17, 15) is 4.79 Å². The summed E-state index contributed by atoms with van der Waals surface area (Å²) in [6, 6.07) is 0. The van der Waals surface area contributed by atoms with Crippen molar-refractivity contribution in [3.05, 3.63) is 12.3 Å². The summed E-state index contributed by atoms with van der Waals surface area (Å²) < 4.78 is 0. The van der Waals surface area contributed by atoms with Crippen LogP contribution in [-0.4, -0.2) is 23.9 Å². The molecule has 0 aromatic rings. The number of carbonyl (C=O) groups excluding carboxylic acids is 1. The highest BCUT2D eigenvalue weighted by Gasteiger charge is 2.05. The molecular formula is C6H11ClN2O. The van der Waals surface area contributed by atoms with E-state index in [1.165, 1.54) is 0 Å². The zero-order valence-electron chi connectivity index (χ0n) is 5.62. The van der Waals surface area contributed by atoms with Crippen molar-refractivity contribution in [2.24, 2.45) is 5.73 Å². The Morgan fingerprint density at radius 3 is 2.80 bits per heavy atom. The molecule has 3 nitrogen and oxygen atoms in total. The molecule has 1 rings (SSSR count). The van der Waals surface area contributed by atoms with Gasteiger partial charge in [0.05, 0.1) is 6.54 Å². The van der Waals surface area contributed by atoms with Crippen molar-refractivity contribution < 1.29 is 4.79 Å². The van der Waals surface area contributed by atoms with Crippen LogP contribution in [0.2, 0.25) is 0 Å². The zero-order chi connectivity index (χ0) is 6.69. The van der Waals surface area contributed by atoms with Crippen LogP contribution in [0, 0.1) is 0 Å². The number of primary amides is 1. The molecule has 0 saturated heterocycles. The summed E-state index contributed by atoms with van der Waals surface area (Å²) in [6.07, 6.45) is 4.97. The molecule has 4 heteroatoms. The molecule has 10 heavy (non-hydrogen) atoms. The average molecular weight is 163 g/mol. The molecule has 2 N–H and O–H groups in total. The lowest BCUT2D eigenvalue weighted by atomic mass is 10.5. The van der Waals surface area contributed by atoms with Crippen molar-refractivity contribution in [2.75, 3.05) is 13.1 Å². The molecule has 1 heterocycles. The van der Waals surface area contributed by atoms with Crippen LogP contribution in [0.15, 0.2) is 12.3 Å². The van der Waals surface area contributed by atoms with Crippen molar-refractivity contribution >= 4 is 18.3 Å². The third-order valence-corrected chi connectivity index (χ3v) is 1.26. The summed E-state index contributed by atoms with van der Waals surface area (Å²) in [5.74, 6) is -0.262. The van der Waals surface area contributed by atoms with Crippen LogP contribution < -0.4 is 5.73 Å². The summed E-state index contributed by atoms with van der Waals surface area (Å²) in [4.78, 5) is 12.2. The number of nitrogens with two attached hydrogens (primary N) is 1. The van der Waals surface area contributed by atoms with Gasteiger partial charge in [0.1, 0.15) is 0 Å². The van der Waals surface area contributed by atoms with Gasteiger partial charge in [-0.05, 0) is 12.6 Å². The maximum atomic E-state index is 10.3. The number of carbonyl (C=O) groups is 1. The summed E-state index contributed by atoms with van der Waals surface area (Å²) in [6.45, 7) is 1.29. The van der Waals surface area contributed by atoms with E-state index in [4.69, 9.17) is 5.73 Å². The summed E-state index contributed by atoms with van der Waals surface area (Å²) in [7, 11) is 0. The fraction of sp³-hybridized carbons (Fsp3) is 0.500. The van der Waals surface area contributed by atoms with Crippen LogP contribution in [0.5, 0.6) is 0 Å². The maximum absolute atomic E-state index is 10.3. The quantitative estimate of drug-likeness (QED) is 0.627. The third kappa shape index (κ3) is 2.73. The Morgan fingerprint density at radius 2 is 2.40 bits per heavy atom. The highest BCUT2D eigenvalue weighted by atomic mass is 35.5. The maximum Gasteiger partial charge on any atom is 0.236 e. The largest absolute Gasteiger partial charge is 0.368 e. The number of rotatable bonds is 2. The summed E-state index contributed by atoms with van der Waals surface area (Å²) in [5, 5.41) is 0. The normalized spacial score (nSPS) is 15.0. The predicted molar refractivity (Wildman–Crippen MR) is 41.8 cm³/mol. The molecule has 0 atom stereocenters. The standard InChI is InChI=1S/C6H10N2O.ClH/c7-6(9)5-8-3-1-2-4-8;/h1,3H,2,4-5H2,(H2,7,9);1H. The Hall–Kier alpha value is -0.700. The Bertz CT molecular complexity index is 147. The second-order valence-electron chi connectivity index (χ2n) is 2.11. The smallest absolute Gasteiger partial charge is 0.236 e. The van der Waals surface area contributed by atoms with Crippen LogP contribution >= 0.6 is 12.4 Å². The molecule has 1 aliphatic heterocycles. The predicted octanol–water partition coefficient (Wildman–Crippen LogP) is 0.113. The minimum Gasteiger partial charge on any atom is -0.368 e. The van der Waals surface area contributed by atoms with Gasteiger partial charge in [0.15, 0.2) is 0 Å². The van der Waals surface area contributed by atoms with E-state index in [-0.39, 0.29) is 18.3 Å². The topological polar surface area (TPSA) is 46.3 Å².